The molecule has 2 heterocycles. The fourth-order valence-electron chi connectivity index (χ4n) is 4.57. The van der Waals surface area contributed by atoms with E-state index in [1.807, 2.05) is 18.2 Å². The second-order valence-electron chi connectivity index (χ2n) is 7.74. The Balaban J connectivity index is 1.40. The van der Waals surface area contributed by atoms with Crippen molar-refractivity contribution in [1.29, 1.82) is 0 Å². The molecule has 3 atom stereocenters. The van der Waals surface area contributed by atoms with E-state index in [4.69, 9.17) is 10.5 Å². The first kappa shape index (κ1) is 18.3. The molecule has 2 aliphatic heterocycles. The highest BCUT2D eigenvalue weighted by Gasteiger charge is 2.49. The number of hydrogen-bond donors (Lipinski definition) is 1. The Hall–Kier alpha value is -2.11. The molecule has 5 nitrogen and oxygen atoms in total. The summed E-state index contributed by atoms with van der Waals surface area (Å²) in [6.45, 7) is 1.25. The lowest BCUT2D eigenvalue weighted by Crippen LogP contribution is -2.40. The molecule has 27 heavy (non-hydrogen) atoms. The molecule has 0 aliphatic carbocycles. The number of fused-ring (bicyclic) bond motifs is 2. The average molecular weight is 367 g/mol. The number of nitrogens with zero attached hydrogens (tertiary/aromatic N) is 2. The highest BCUT2D eigenvalue weighted by atomic mass is 16.5. The quantitative estimate of drug-likeness (QED) is 0.765. The van der Waals surface area contributed by atoms with Crippen LogP contribution in [0.3, 0.4) is 0 Å². The number of likely N-dealkylation sites (N-methyl/N-ethyl adjacent to an activating group) is 1. The van der Waals surface area contributed by atoms with E-state index in [2.05, 4.69) is 41.1 Å². The van der Waals surface area contributed by atoms with Gasteiger partial charge in [0.25, 0.3) is 0 Å². The van der Waals surface area contributed by atoms with E-state index in [1.165, 1.54) is 10.8 Å². The molecule has 144 valence electrons. The predicted molar refractivity (Wildman–Crippen MR) is 108 cm³/mol. The minimum absolute atomic E-state index is 0.00465. The molecule has 1 unspecified atom stereocenters. The topological polar surface area (TPSA) is 58.8 Å². The van der Waals surface area contributed by atoms with Crippen molar-refractivity contribution in [3.63, 3.8) is 0 Å². The van der Waals surface area contributed by atoms with Crippen LogP contribution in [0.15, 0.2) is 42.5 Å². The molecule has 2 aliphatic rings. The maximum Gasteiger partial charge on any atom is 0.241 e. The molecule has 2 N–H and O–H groups in total. The molecule has 2 fully saturated rings. The summed E-state index contributed by atoms with van der Waals surface area (Å²) in [7, 11) is 2.09. The Morgan fingerprint density at radius 1 is 1.11 bits per heavy atom. The normalized spacial score (nSPS) is 25.3. The first-order valence-electron chi connectivity index (χ1n) is 10.0. The second kappa shape index (κ2) is 7.87. The van der Waals surface area contributed by atoms with Crippen LogP contribution in [-0.4, -0.2) is 54.2 Å². The summed E-state index contributed by atoms with van der Waals surface area (Å²) in [5, 5.41) is 2.39. The fraction of sp³-hybridized carbons (Fsp3) is 0.500. The number of ether oxygens (including phenoxy) is 1. The van der Waals surface area contributed by atoms with E-state index < -0.39 is 0 Å². The molecule has 0 bridgehead atoms. The molecule has 5 heteroatoms. The second-order valence-corrected chi connectivity index (χ2v) is 7.74. The van der Waals surface area contributed by atoms with Gasteiger partial charge in [0.1, 0.15) is 12.4 Å². The van der Waals surface area contributed by atoms with Crippen molar-refractivity contribution in [1.82, 2.24) is 9.80 Å². The van der Waals surface area contributed by atoms with Crippen molar-refractivity contribution >= 4 is 16.7 Å². The van der Waals surface area contributed by atoms with Gasteiger partial charge in [-0.05, 0) is 62.2 Å². The Morgan fingerprint density at radius 3 is 2.74 bits per heavy atom. The van der Waals surface area contributed by atoms with Crippen LogP contribution in [0.5, 0.6) is 5.75 Å². The molecule has 0 spiro atoms. The number of nitrogens with two attached hydrogens (primary N) is 1. The number of carbonyl (C=O) groups is 1. The van der Waals surface area contributed by atoms with Gasteiger partial charge in [-0.15, -0.1) is 0 Å². The highest BCUT2D eigenvalue weighted by Crippen LogP contribution is 2.35. The van der Waals surface area contributed by atoms with Crippen molar-refractivity contribution in [3.8, 4) is 5.75 Å². The number of amides is 1. The largest absolute Gasteiger partial charge is 0.491 e. The zero-order valence-electron chi connectivity index (χ0n) is 16.0. The summed E-state index contributed by atoms with van der Waals surface area (Å²) >= 11 is 0. The van der Waals surface area contributed by atoms with Gasteiger partial charge in [-0.1, -0.05) is 36.8 Å². The van der Waals surface area contributed by atoms with E-state index >= 15 is 0 Å². The lowest BCUT2D eigenvalue weighted by atomic mass is 10.1. The first-order valence-corrected chi connectivity index (χ1v) is 10.0. The van der Waals surface area contributed by atoms with Gasteiger partial charge in [0.05, 0.1) is 18.2 Å². The molecule has 4 rings (SSSR count). The Morgan fingerprint density at radius 2 is 1.93 bits per heavy atom. The van der Waals surface area contributed by atoms with Crippen molar-refractivity contribution in [2.75, 3.05) is 20.2 Å². The average Bonchev–Trinajstić information content (AvgIpc) is 3.21. The van der Waals surface area contributed by atoms with Crippen molar-refractivity contribution < 1.29 is 9.53 Å². The number of hydrogen-bond acceptors (Lipinski definition) is 4. The molecule has 2 aromatic rings. The number of unbranched alkanes of at least 4 members (excludes halogenated alkanes) is 1. The number of rotatable bonds is 7. The molecular formula is C22H29N3O2. The Bertz CT molecular complexity index is 809. The maximum atomic E-state index is 13.0. The third kappa shape index (κ3) is 3.54. The summed E-state index contributed by atoms with van der Waals surface area (Å²) in [5.74, 6) is 1.14. The Labute approximate surface area is 161 Å². The summed E-state index contributed by atoms with van der Waals surface area (Å²) in [6, 6.07) is 14.6. The lowest BCUT2D eigenvalue weighted by molar-refractivity contribution is -0.131. The summed E-state index contributed by atoms with van der Waals surface area (Å²) in [6.07, 6.45) is 5.15. The number of benzene rings is 2. The summed E-state index contributed by atoms with van der Waals surface area (Å²) < 4.78 is 6.09. The molecular weight excluding hydrogens is 338 g/mol. The molecule has 0 aromatic heterocycles. The fourth-order valence-corrected chi connectivity index (χ4v) is 4.57. The maximum absolute atomic E-state index is 13.0. The van der Waals surface area contributed by atoms with Crippen LogP contribution in [-0.2, 0) is 4.79 Å². The summed E-state index contributed by atoms with van der Waals surface area (Å²) in [4.78, 5) is 17.3. The van der Waals surface area contributed by atoms with Gasteiger partial charge in [-0.25, -0.2) is 0 Å². The van der Waals surface area contributed by atoms with Gasteiger partial charge in [-0.2, -0.15) is 0 Å². The van der Waals surface area contributed by atoms with Crippen LogP contribution in [0.2, 0.25) is 0 Å². The van der Waals surface area contributed by atoms with Crippen LogP contribution in [0.25, 0.3) is 10.8 Å². The van der Waals surface area contributed by atoms with Crippen LogP contribution in [0.4, 0.5) is 0 Å². The van der Waals surface area contributed by atoms with Gasteiger partial charge in [0, 0.05) is 0 Å². The van der Waals surface area contributed by atoms with Crippen LogP contribution < -0.4 is 10.5 Å². The van der Waals surface area contributed by atoms with Crippen LogP contribution >= 0.6 is 0 Å². The van der Waals surface area contributed by atoms with E-state index in [-0.39, 0.29) is 24.2 Å². The first-order chi connectivity index (χ1) is 13.2. The van der Waals surface area contributed by atoms with E-state index in [1.54, 1.807) is 0 Å². The number of carbonyl (C=O) groups excluding carboxylic acids is 1. The van der Waals surface area contributed by atoms with Gasteiger partial charge >= 0.3 is 0 Å². The molecule has 1 amide bonds. The third-order valence-corrected chi connectivity index (χ3v) is 6.07. The molecule has 2 saturated heterocycles. The predicted octanol–water partition coefficient (Wildman–Crippen LogP) is 2.98. The van der Waals surface area contributed by atoms with E-state index in [0.29, 0.717) is 13.2 Å². The smallest absolute Gasteiger partial charge is 0.241 e. The van der Waals surface area contributed by atoms with Crippen LogP contribution in [0, 0.1) is 0 Å². The lowest BCUT2D eigenvalue weighted by Gasteiger charge is -2.25. The van der Waals surface area contributed by atoms with Crippen molar-refractivity contribution in [2.45, 2.75) is 50.4 Å². The molecule has 0 radical (unpaired) electrons. The minimum atomic E-state index is 0.00465. The third-order valence-electron chi connectivity index (χ3n) is 6.07. The van der Waals surface area contributed by atoms with Gasteiger partial charge in [0.2, 0.25) is 5.91 Å². The molecule has 0 saturated carbocycles. The van der Waals surface area contributed by atoms with Crippen molar-refractivity contribution in [3.05, 3.63) is 42.5 Å². The standard InChI is InChI=1S/C22H29N3O2/c1-24-20(8-4-5-13-23)22(26)25-18(10-12-21(24)25)15-27-19-11-9-16-6-2-3-7-17(16)14-19/h2-3,6-7,9,11,14,18,20-21H,4-5,8,10,12-13,15,23H2,1H3/t18-,20+,21?/m1/s1. The van der Waals surface area contributed by atoms with Crippen molar-refractivity contribution in [2.24, 2.45) is 5.73 Å². The minimum Gasteiger partial charge on any atom is -0.491 e. The SMILES string of the molecule is CN1C2CC[C@H](COc3ccc4ccccc4c3)N2C(=O)[C@@H]1CCCCN. The van der Waals surface area contributed by atoms with Gasteiger partial charge in [-0.3, -0.25) is 9.69 Å². The van der Waals surface area contributed by atoms with Gasteiger partial charge in [0.15, 0.2) is 0 Å². The van der Waals surface area contributed by atoms with Crippen LogP contribution in [0.1, 0.15) is 32.1 Å². The highest BCUT2D eigenvalue weighted by molar-refractivity contribution is 5.85. The monoisotopic (exact) mass is 367 g/mol. The van der Waals surface area contributed by atoms with E-state index in [0.717, 1.165) is 37.9 Å². The Kier molecular flexibility index (Phi) is 5.32. The summed E-state index contributed by atoms with van der Waals surface area (Å²) in [5.41, 5.74) is 5.60. The zero-order chi connectivity index (χ0) is 18.8. The van der Waals surface area contributed by atoms with E-state index in [9.17, 15) is 4.79 Å². The zero-order valence-corrected chi connectivity index (χ0v) is 16.0. The molecule has 2 aromatic carbocycles. The van der Waals surface area contributed by atoms with Gasteiger partial charge < -0.3 is 15.4 Å².